The Hall–Kier alpha value is -3.48. The van der Waals surface area contributed by atoms with E-state index in [1.54, 1.807) is 24.0 Å². The first kappa shape index (κ1) is 33.0. The molecule has 1 amide bonds. The molecule has 1 unspecified atom stereocenters. The molecule has 2 aromatic rings. The lowest BCUT2D eigenvalue weighted by Gasteiger charge is -2.35. The summed E-state index contributed by atoms with van der Waals surface area (Å²) < 4.78 is 52.9. The molecule has 1 atom stereocenters. The lowest BCUT2D eigenvalue weighted by Crippen LogP contribution is -2.49. The molecule has 11 nitrogen and oxygen atoms in total. The maximum Gasteiger partial charge on any atom is 0.423 e. The molecule has 1 aliphatic rings. The van der Waals surface area contributed by atoms with Crippen LogP contribution >= 0.6 is 0 Å². The molecule has 0 bridgehead atoms. The minimum Gasteiger partial charge on any atom is -0.381 e. The first-order chi connectivity index (χ1) is 19.8. The summed E-state index contributed by atoms with van der Waals surface area (Å²) in [6.07, 6.45) is -2.74. The van der Waals surface area contributed by atoms with E-state index in [-0.39, 0.29) is 32.2 Å². The van der Waals surface area contributed by atoms with Gasteiger partial charge in [-0.2, -0.15) is 23.5 Å². The number of piperazine rings is 1. The molecule has 0 radical (unpaired) electrons. The molecule has 230 valence electrons. The van der Waals surface area contributed by atoms with Gasteiger partial charge in [-0.1, -0.05) is 19.6 Å². The highest BCUT2D eigenvalue weighted by atomic mass is 28.3. The van der Waals surface area contributed by atoms with Crippen LogP contribution in [-0.2, 0) is 27.2 Å². The van der Waals surface area contributed by atoms with Crippen molar-refractivity contribution < 1.29 is 27.4 Å². The van der Waals surface area contributed by atoms with Crippen molar-refractivity contribution in [3.05, 3.63) is 46.0 Å². The highest BCUT2D eigenvalue weighted by Crippen LogP contribution is 2.31. The number of carbonyl (C=O) groups is 1. The van der Waals surface area contributed by atoms with Crippen LogP contribution < -0.4 is 15.8 Å². The molecule has 0 aliphatic carbocycles. The van der Waals surface area contributed by atoms with E-state index in [4.69, 9.17) is 14.7 Å². The number of carbonyl (C=O) groups excluding carboxylic acids is 1. The lowest BCUT2D eigenvalue weighted by molar-refractivity contribution is -0.139. The number of pyridine rings is 1. The second-order valence-corrected chi connectivity index (χ2v) is 16.9. The predicted octanol–water partition coefficient (Wildman–Crippen LogP) is 3.40. The third-order valence-electron chi connectivity index (χ3n) is 6.65. The van der Waals surface area contributed by atoms with Crippen molar-refractivity contribution in [3.63, 3.8) is 0 Å². The fraction of sp³-hybridized carbons (Fsp3) is 0.593. The Morgan fingerprint density at radius 3 is 2.48 bits per heavy atom. The quantitative estimate of drug-likeness (QED) is 0.269. The molecule has 1 aliphatic heterocycles. The number of alkyl halides is 3. The Labute approximate surface area is 244 Å². The molecule has 3 rings (SSSR count). The van der Waals surface area contributed by atoms with E-state index >= 15 is 0 Å². The average molecular weight is 610 g/mol. The Morgan fingerprint density at radius 1 is 1.17 bits per heavy atom. The molecule has 2 aromatic heterocycles. The van der Waals surface area contributed by atoms with Crippen LogP contribution in [0.25, 0.3) is 0 Å². The second kappa shape index (κ2) is 14.6. The average Bonchev–Trinajstić information content (AvgIpc) is 2.93. The molecule has 1 saturated heterocycles. The fourth-order valence-corrected chi connectivity index (χ4v) is 4.98. The number of nitrogens with one attached hydrogen (secondary N) is 1. The van der Waals surface area contributed by atoms with Gasteiger partial charge in [0, 0.05) is 53.6 Å². The van der Waals surface area contributed by atoms with Crippen LogP contribution in [0.15, 0.2) is 29.3 Å². The normalized spacial score (nSPS) is 14.9. The zero-order valence-electron chi connectivity index (χ0n) is 24.4. The predicted molar refractivity (Wildman–Crippen MR) is 154 cm³/mol. The number of ether oxygens (including phenoxy) is 2. The molecule has 1 N–H and O–H groups in total. The molecule has 15 heteroatoms. The van der Waals surface area contributed by atoms with Gasteiger partial charge >= 0.3 is 6.18 Å². The lowest BCUT2D eigenvalue weighted by atomic mass is 10.2. The number of nitriles is 1. The van der Waals surface area contributed by atoms with Crippen molar-refractivity contribution in [1.29, 1.82) is 5.26 Å². The van der Waals surface area contributed by atoms with Gasteiger partial charge < -0.3 is 24.6 Å². The van der Waals surface area contributed by atoms with Gasteiger partial charge in [-0.15, -0.1) is 0 Å². The molecular formula is C27H38F3N7O4Si. The minimum atomic E-state index is -4.89. The van der Waals surface area contributed by atoms with Crippen molar-refractivity contribution in [2.45, 2.75) is 58.0 Å². The van der Waals surface area contributed by atoms with Crippen LogP contribution in [0.5, 0.6) is 0 Å². The smallest absolute Gasteiger partial charge is 0.381 e. The van der Waals surface area contributed by atoms with E-state index < -0.39 is 37.2 Å². The maximum absolute atomic E-state index is 13.7. The molecule has 42 heavy (non-hydrogen) atoms. The number of anilines is 2. The van der Waals surface area contributed by atoms with Crippen LogP contribution in [0.1, 0.15) is 24.5 Å². The second-order valence-electron chi connectivity index (χ2n) is 11.3. The molecular weight excluding hydrogens is 571 g/mol. The maximum atomic E-state index is 13.7. The highest BCUT2D eigenvalue weighted by Gasteiger charge is 2.38. The molecule has 1 fully saturated rings. The minimum absolute atomic E-state index is 0.0181. The van der Waals surface area contributed by atoms with Crippen LogP contribution in [0, 0.1) is 11.3 Å². The summed E-state index contributed by atoms with van der Waals surface area (Å²) in [4.78, 5) is 33.4. The molecule has 3 heterocycles. The third-order valence-corrected chi connectivity index (χ3v) is 8.36. The van der Waals surface area contributed by atoms with E-state index in [0.29, 0.717) is 43.0 Å². The van der Waals surface area contributed by atoms with Gasteiger partial charge in [0.15, 0.2) is 0 Å². The number of hydrogen-bond donors (Lipinski definition) is 1. The largest absolute Gasteiger partial charge is 0.423 e. The summed E-state index contributed by atoms with van der Waals surface area (Å²) in [7, 11) is -1.39. The van der Waals surface area contributed by atoms with E-state index in [0.717, 1.165) is 18.1 Å². The van der Waals surface area contributed by atoms with Gasteiger partial charge in [0.05, 0.1) is 36.6 Å². The zero-order chi connectivity index (χ0) is 30.9. The van der Waals surface area contributed by atoms with E-state index in [1.807, 2.05) is 11.0 Å². The van der Waals surface area contributed by atoms with Gasteiger partial charge in [0.2, 0.25) is 5.91 Å². The molecule has 0 aromatic carbocycles. The summed E-state index contributed by atoms with van der Waals surface area (Å²) in [6, 6.07) is 6.33. The summed E-state index contributed by atoms with van der Waals surface area (Å²) in [6.45, 7) is 10.4. The summed E-state index contributed by atoms with van der Waals surface area (Å²) >= 11 is 0. The van der Waals surface area contributed by atoms with Gasteiger partial charge in [-0.05, 0) is 25.1 Å². The summed E-state index contributed by atoms with van der Waals surface area (Å²) in [5.74, 6) is 0.666. The number of amides is 1. The Balaban J connectivity index is 1.44. The summed E-state index contributed by atoms with van der Waals surface area (Å²) in [5, 5.41) is 15.3. The monoisotopic (exact) mass is 609 g/mol. The first-order valence-electron chi connectivity index (χ1n) is 13.8. The van der Waals surface area contributed by atoms with Crippen molar-refractivity contribution in [2.24, 2.45) is 0 Å². The Bertz CT molecular complexity index is 1290. The van der Waals surface area contributed by atoms with Crippen LogP contribution in [0.2, 0.25) is 25.7 Å². The Kier molecular flexibility index (Phi) is 11.5. The standard InChI is InChI=1S/C27H38F3N7O4Si/c1-20(15-24(38)36-10-8-35(9-11-36)23-6-5-21(16-31)17-33-23)41-12-7-32-22-18-34-37(19-40-13-14-42(2,3)4)26(39)25(22)27(28,29)30/h5-6,17-18,20,32H,7-15,19H2,1-4H3. The molecule has 0 saturated carbocycles. The van der Waals surface area contributed by atoms with Gasteiger partial charge in [0.25, 0.3) is 5.56 Å². The topological polar surface area (TPSA) is 126 Å². The number of halogens is 3. The van der Waals surface area contributed by atoms with Crippen molar-refractivity contribution in [1.82, 2.24) is 19.7 Å². The number of nitrogens with zero attached hydrogens (tertiary/aromatic N) is 6. The van der Waals surface area contributed by atoms with E-state index in [2.05, 4.69) is 35.0 Å². The SMILES string of the molecule is CC(CC(=O)N1CCN(c2ccc(C#N)cn2)CC1)OCCNc1cnn(COCC[Si](C)(C)C)c(=O)c1C(F)(F)F. The van der Waals surface area contributed by atoms with E-state index in [9.17, 15) is 22.8 Å². The van der Waals surface area contributed by atoms with E-state index in [1.165, 1.54) is 6.20 Å². The Morgan fingerprint density at radius 2 is 1.88 bits per heavy atom. The van der Waals surface area contributed by atoms with Crippen molar-refractivity contribution >= 4 is 25.5 Å². The highest BCUT2D eigenvalue weighted by molar-refractivity contribution is 6.76. The van der Waals surface area contributed by atoms with Crippen molar-refractivity contribution in [2.75, 3.05) is 56.2 Å². The number of rotatable bonds is 13. The van der Waals surface area contributed by atoms with Crippen LogP contribution in [0.3, 0.4) is 0 Å². The summed E-state index contributed by atoms with van der Waals surface area (Å²) in [5.41, 5.74) is -2.58. The first-order valence-corrected chi connectivity index (χ1v) is 17.5. The fourth-order valence-electron chi connectivity index (χ4n) is 4.22. The van der Waals surface area contributed by atoms with Crippen LogP contribution in [-0.4, -0.2) is 85.7 Å². The van der Waals surface area contributed by atoms with Gasteiger partial charge in [-0.25, -0.2) is 9.67 Å². The third kappa shape index (κ3) is 9.81. The van der Waals surface area contributed by atoms with Gasteiger partial charge in [0.1, 0.15) is 24.2 Å². The zero-order valence-corrected chi connectivity index (χ0v) is 25.4. The number of hydrogen-bond acceptors (Lipinski definition) is 9. The molecule has 0 spiro atoms. The van der Waals surface area contributed by atoms with Gasteiger partial charge in [-0.3, -0.25) is 9.59 Å². The number of aromatic nitrogens is 3. The van der Waals surface area contributed by atoms with Crippen LogP contribution in [0.4, 0.5) is 24.7 Å². The van der Waals surface area contributed by atoms with Crippen molar-refractivity contribution in [3.8, 4) is 6.07 Å².